The Balaban J connectivity index is 1.65. The Labute approximate surface area is 149 Å². The minimum atomic E-state index is -0.0766. The summed E-state index contributed by atoms with van der Waals surface area (Å²) in [5.41, 5.74) is 2.48. The first-order valence-electron chi connectivity index (χ1n) is 9.04. The summed E-state index contributed by atoms with van der Waals surface area (Å²) < 4.78 is 0. The first-order chi connectivity index (χ1) is 11.8. The third-order valence-corrected chi connectivity index (χ3v) is 5.51. The smallest absolute Gasteiger partial charge is 0.317 e. The average Bonchev–Trinajstić information content (AvgIpc) is 2.98. The molecule has 136 valence electrons. The Morgan fingerprint density at radius 3 is 3.00 bits per heavy atom. The van der Waals surface area contributed by atoms with Gasteiger partial charge in [0.2, 0.25) is 6.08 Å². The van der Waals surface area contributed by atoms with Crippen LogP contribution in [0.25, 0.3) is 0 Å². The number of aliphatic imine (C=N–C) groups is 1. The standard InChI is InChI=1S/C19H28N4O2/c1-18(2)8-15(9-19(3,11-18)12-20-13-24)22-17(25)23-7-5-16-14(10-23)4-6-21-16/h4,6,15,21H,5,7-12H2,1-3H3,(H,22,25). The highest BCUT2D eigenvalue weighted by atomic mass is 16.2. The number of carbonyl (C=O) groups excluding carboxylic acids is 2. The quantitative estimate of drug-likeness (QED) is 0.653. The molecule has 1 aliphatic carbocycles. The maximum Gasteiger partial charge on any atom is 0.317 e. The molecule has 2 N–H and O–H groups in total. The van der Waals surface area contributed by atoms with Crippen LogP contribution in [-0.2, 0) is 17.8 Å². The van der Waals surface area contributed by atoms with Gasteiger partial charge in [0, 0.05) is 37.4 Å². The van der Waals surface area contributed by atoms with Gasteiger partial charge in [-0.05, 0) is 41.7 Å². The lowest BCUT2D eigenvalue weighted by molar-refractivity contribution is 0.0773. The number of rotatable bonds is 3. The molecule has 3 rings (SSSR count). The average molecular weight is 344 g/mol. The van der Waals surface area contributed by atoms with Gasteiger partial charge in [0.15, 0.2) is 0 Å². The van der Waals surface area contributed by atoms with Crippen molar-refractivity contribution in [2.24, 2.45) is 15.8 Å². The van der Waals surface area contributed by atoms with Crippen molar-refractivity contribution in [1.82, 2.24) is 15.2 Å². The number of nitrogens with one attached hydrogen (secondary N) is 2. The molecular weight excluding hydrogens is 316 g/mol. The van der Waals surface area contributed by atoms with E-state index in [0.29, 0.717) is 13.1 Å². The van der Waals surface area contributed by atoms with Gasteiger partial charge in [0.25, 0.3) is 0 Å². The molecule has 1 saturated carbocycles. The predicted molar refractivity (Wildman–Crippen MR) is 96.0 cm³/mol. The fourth-order valence-corrected chi connectivity index (χ4v) is 4.87. The van der Waals surface area contributed by atoms with E-state index in [1.807, 2.05) is 17.2 Å². The Bertz CT molecular complexity index is 689. The van der Waals surface area contributed by atoms with E-state index < -0.39 is 0 Å². The van der Waals surface area contributed by atoms with Gasteiger partial charge in [-0.25, -0.2) is 14.6 Å². The maximum absolute atomic E-state index is 12.8. The highest BCUT2D eigenvalue weighted by Gasteiger charge is 2.42. The first-order valence-corrected chi connectivity index (χ1v) is 9.04. The first kappa shape index (κ1) is 17.7. The molecule has 1 aromatic heterocycles. The van der Waals surface area contributed by atoms with Gasteiger partial charge in [-0.2, -0.15) is 0 Å². The largest absolute Gasteiger partial charge is 0.365 e. The summed E-state index contributed by atoms with van der Waals surface area (Å²) in [5, 5.41) is 3.24. The second kappa shape index (κ2) is 6.68. The van der Waals surface area contributed by atoms with E-state index in [9.17, 15) is 9.59 Å². The third-order valence-electron chi connectivity index (χ3n) is 5.51. The minimum absolute atomic E-state index is 0.00999. The van der Waals surface area contributed by atoms with Crippen LogP contribution in [0.1, 0.15) is 51.3 Å². The summed E-state index contributed by atoms with van der Waals surface area (Å²) in [5.74, 6) is 0. The van der Waals surface area contributed by atoms with Crippen molar-refractivity contribution >= 4 is 12.1 Å². The van der Waals surface area contributed by atoms with Crippen LogP contribution in [0.3, 0.4) is 0 Å². The van der Waals surface area contributed by atoms with Gasteiger partial charge in [0.1, 0.15) is 0 Å². The van der Waals surface area contributed by atoms with E-state index in [1.165, 1.54) is 11.3 Å². The van der Waals surface area contributed by atoms with Crippen molar-refractivity contribution in [3.8, 4) is 0 Å². The third kappa shape index (κ3) is 4.13. The summed E-state index contributed by atoms with van der Waals surface area (Å²) in [6.07, 6.45) is 7.25. The number of nitrogens with zero attached hydrogens (tertiary/aromatic N) is 2. The van der Waals surface area contributed by atoms with Crippen molar-refractivity contribution in [1.29, 1.82) is 0 Å². The summed E-state index contributed by atoms with van der Waals surface area (Å²) >= 11 is 0. The molecule has 1 aliphatic heterocycles. The second-order valence-electron chi connectivity index (χ2n) is 8.77. The molecule has 6 nitrogen and oxygen atoms in total. The molecule has 2 unspecified atom stereocenters. The van der Waals surface area contributed by atoms with E-state index in [0.717, 1.165) is 32.2 Å². The number of aromatic nitrogens is 1. The van der Waals surface area contributed by atoms with Crippen LogP contribution in [-0.4, -0.2) is 41.1 Å². The second-order valence-corrected chi connectivity index (χ2v) is 8.77. The van der Waals surface area contributed by atoms with E-state index in [2.05, 4.69) is 36.1 Å². The zero-order valence-corrected chi connectivity index (χ0v) is 15.4. The zero-order valence-electron chi connectivity index (χ0n) is 15.4. The molecule has 2 heterocycles. The van der Waals surface area contributed by atoms with E-state index in [4.69, 9.17) is 0 Å². The zero-order chi connectivity index (χ0) is 18.1. The lowest BCUT2D eigenvalue weighted by atomic mass is 9.62. The molecule has 25 heavy (non-hydrogen) atoms. The molecule has 0 spiro atoms. The number of fused-ring (bicyclic) bond motifs is 1. The molecule has 1 aromatic rings. The summed E-state index contributed by atoms with van der Waals surface area (Å²) in [7, 11) is 0. The lowest BCUT2D eigenvalue weighted by Gasteiger charge is -2.46. The van der Waals surface area contributed by atoms with Gasteiger partial charge >= 0.3 is 6.03 Å². The van der Waals surface area contributed by atoms with Crippen molar-refractivity contribution in [3.05, 3.63) is 23.5 Å². The van der Waals surface area contributed by atoms with Crippen LogP contribution < -0.4 is 5.32 Å². The number of carbonyl (C=O) groups is 1. The van der Waals surface area contributed by atoms with Gasteiger partial charge < -0.3 is 15.2 Å². The monoisotopic (exact) mass is 344 g/mol. The number of urea groups is 1. The van der Waals surface area contributed by atoms with Gasteiger partial charge in [-0.15, -0.1) is 0 Å². The van der Waals surface area contributed by atoms with Crippen molar-refractivity contribution in [2.75, 3.05) is 13.1 Å². The van der Waals surface area contributed by atoms with Crippen LogP contribution in [0.5, 0.6) is 0 Å². The Kier molecular flexibility index (Phi) is 4.74. The Hall–Kier alpha value is -2.07. The number of amides is 2. The molecule has 0 saturated heterocycles. The fraction of sp³-hybridized carbons (Fsp3) is 0.684. The SMILES string of the molecule is CC1(C)CC(NC(=O)N2CCc3[nH]ccc3C2)CC(C)(CN=C=O)C1. The molecule has 0 bridgehead atoms. The highest BCUT2D eigenvalue weighted by molar-refractivity contribution is 5.75. The van der Waals surface area contributed by atoms with Crippen LogP contribution in [0.4, 0.5) is 4.79 Å². The number of isocyanates is 1. The van der Waals surface area contributed by atoms with Crippen LogP contribution in [0.2, 0.25) is 0 Å². The van der Waals surface area contributed by atoms with Crippen molar-refractivity contribution < 1.29 is 9.59 Å². The number of hydrogen-bond acceptors (Lipinski definition) is 3. The van der Waals surface area contributed by atoms with Crippen LogP contribution in [0, 0.1) is 10.8 Å². The van der Waals surface area contributed by atoms with E-state index >= 15 is 0 Å². The molecular formula is C19H28N4O2. The maximum atomic E-state index is 12.8. The summed E-state index contributed by atoms with van der Waals surface area (Å²) in [6.45, 7) is 8.47. The van der Waals surface area contributed by atoms with Crippen LogP contribution >= 0.6 is 0 Å². The lowest BCUT2D eigenvalue weighted by Crippen LogP contribution is -2.52. The minimum Gasteiger partial charge on any atom is -0.365 e. The molecule has 2 amide bonds. The van der Waals surface area contributed by atoms with Gasteiger partial charge in [0.05, 0.1) is 6.54 Å². The molecule has 0 aromatic carbocycles. The molecule has 2 aliphatic rings. The summed E-state index contributed by atoms with van der Waals surface area (Å²) in [6, 6.07) is 2.17. The molecule has 2 atom stereocenters. The Morgan fingerprint density at radius 2 is 2.24 bits per heavy atom. The number of aromatic amines is 1. The fourth-order valence-electron chi connectivity index (χ4n) is 4.87. The number of hydrogen-bond donors (Lipinski definition) is 2. The van der Waals surface area contributed by atoms with Crippen molar-refractivity contribution in [3.63, 3.8) is 0 Å². The number of H-pyrrole nitrogens is 1. The predicted octanol–water partition coefficient (Wildman–Crippen LogP) is 3.00. The van der Waals surface area contributed by atoms with Gasteiger partial charge in [-0.1, -0.05) is 20.8 Å². The van der Waals surface area contributed by atoms with Crippen LogP contribution in [0.15, 0.2) is 17.3 Å². The van der Waals surface area contributed by atoms with E-state index in [-0.39, 0.29) is 22.9 Å². The molecule has 6 heteroatoms. The molecule has 1 fully saturated rings. The normalized spacial score (nSPS) is 28.0. The van der Waals surface area contributed by atoms with Gasteiger partial charge in [-0.3, -0.25) is 0 Å². The highest BCUT2D eigenvalue weighted by Crippen LogP contribution is 2.46. The van der Waals surface area contributed by atoms with E-state index in [1.54, 1.807) is 6.08 Å². The molecule has 0 radical (unpaired) electrons. The topological polar surface area (TPSA) is 77.6 Å². The van der Waals surface area contributed by atoms with Crippen molar-refractivity contribution in [2.45, 2.75) is 59.0 Å². The Morgan fingerprint density at radius 1 is 1.44 bits per heavy atom. The summed E-state index contributed by atoms with van der Waals surface area (Å²) in [4.78, 5) is 32.2.